The summed E-state index contributed by atoms with van der Waals surface area (Å²) in [6, 6.07) is -1.55. The third kappa shape index (κ3) is 14.8. The van der Waals surface area contributed by atoms with Crippen molar-refractivity contribution in [2.24, 2.45) is 5.92 Å². The number of unbranched alkanes of at least 4 members (excludes halogenated alkanes) is 13. The highest BCUT2D eigenvalue weighted by Crippen LogP contribution is 2.35. The molecule has 0 heterocycles. The first-order chi connectivity index (χ1) is 15.9. The Morgan fingerprint density at radius 1 is 0.735 bits per heavy atom. The molecule has 4 nitrogen and oxygen atoms in total. The van der Waals surface area contributed by atoms with Gasteiger partial charge in [-0.05, 0) is 18.8 Å². The van der Waals surface area contributed by atoms with Crippen LogP contribution in [0.15, 0.2) is 0 Å². The molecule has 0 saturated heterocycles. The zero-order chi connectivity index (χ0) is 26.0. The monoisotopic (exact) mass is 501 g/mol. The molecule has 0 aromatic carbocycles. The van der Waals surface area contributed by atoms with Crippen molar-refractivity contribution in [2.45, 2.75) is 135 Å². The lowest BCUT2D eigenvalue weighted by atomic mass is 10.0. The maximum atomic E-state index is 13.2. The number of amides is 1. The summed E-state index contributed by atoms with van der Waals surface area (Å²) in [5.74, 6) is -9.33. The molecule has 0 radical (unpaired) electrons. The maximum Gasteiger partial charge on any atom is 0.463 e. The van der Waals surface area contributed by atoms with Gasteiger partial charge in [0.15, 0.2) is 0 Å². The van der Waals surface area contributed by atoms with Gasteiger partial charge in [-0.3, -0.25) is 4.79 Å². The van der Waals surface area contributed by atoms with Crippen LogP contribution in [0.2, 0.25) is 0 Å². The zero-order valence-electron chi connectivity index (χ0n) is 21.1. The van der Waals surface area contributed by atoms with Crippen molar-refractivity contribution in [3.05, 3.63) is 0 Å². The van der Waals surface area contributed by atoms with Gasteiger partial charge in [-0.1, -0.05) is 104 Å². The van der Waals surface area contributed by atoms with Gasteiger partial charge in [0.2, 0.25) is 0 Å². The van der Waals surface area contributed by atoms with Crippen LogP contribution in [0.25, 0.3) is 0 Å². The summed E-state index contributed by atoms with van der Waals surface area (Å²) in [6.45, 7) is 5.57. The number of hydrogen-bond acceptors (Lipinski definition) is 3. The molecule has 0 bridgehead atoms. The van der Waals surface area contributed by atoms with Crippen molar-refractivity contribution in [1.82, 2.24) is 5.32 Å². The Labute approximate surface area is 201 Å². The summed E-state index contributed by atoms with van der Waals surface area (Å²) in [5, 5.41) is 1.51. The lowest BCUT2D eigenvalue weighted by molar-refractivity contribution is -0.270. The normalized spacial score (nSPS) is 13.2. The Hall–Kier alpha value is -1.41. The largest absolute Gasteiger partial charge is 0.464 e. The Balaban J connectivity index is 4.01. The molecule has 1 unspecified atom stereocenters. The lowest BCUT2D eigenvalue weighted by Gasteiger charge is -2.23. The Kier molecular flexibility index (Phi) is 17.2. The number of nitrogens with one attached hydrogen (secondary N) is 1. The molecule has 1 amide bonds. The second-order valence-corrected chi connectivity index (χ2v) is 9.49. The van der Waals surface area contributed by atoms with E-state index in [1.54, 1.807) is 13.8 Å². The molecule has 0 aliphatic carbocycles. The lowest BCUT2D eigenvalue weighted by Crippen LogP contribution is -2.55. The van der Waals surface area contributed by atoms with Crippen molar-refractivity contribution in [3.63, 3.8) is 0 Å². The van der Waals surface area contributed by atoms with Gasteiger partial charge in [0.25, 0.3) is 0 Å². The number of carbonyl (C=O) groups is 2. The molecule has 0 fully saturated rings. The van der Waals surface area contributed by atoms with Crippen LogP contribution in [-0.4, -0.2) is 36.6 Å². The second kappa shape index (κ2) is 17.9. The fourth-order valence-corrected chi connectivity index (χ4v) is 3.63. The van der Waals surface area contributed by atoms with Gasteiger partial charge in [0, 0.05) is 0 Å². The molecule has 0 aliphatic rings. The van der Waals surface area contributed by atoms with Crippen LogP contribution in [0.3, 0.4) is 0 Å². The first kappa shape index (κ1) is 32.6. The van der Waals surface area contributed by atoms with Crippen LogP contribution >= 0.6 is 0 Å². The van der Waals surface area contributed by atoms with Crippen LogP contribution < -0.4 is 5.32 Å². The van der Waals surface area contributed by atoms with Crippen LogP contribution in [0.5, 0.6) is 0 Å². The molecule has 0 saturated carbocycles. The Morgan fingerprint density at radius 3 is 1.53 bits per heavy atom. The van der Waals surface area contributed by atoms with Crippen molar-refractivity contribution in [3.8, 4) is 0 Å². The van der Waals surface area contributed by atoms with Crippen LogP contribution in [0, 0.1) is 5.92 Å². The van der Waals surface area contributed by atoms with Crippen LogP contribution in [0.1, 0.15) is 117 Å². The van der Waals surface area contributed by atoms with Gasteiger partial charge in [-0.25, -0.2) is 4.79 Å². The number of carbonyl (C=O) groups excluding carboxylic acids is 2. The topological polar surface area (TPSA) is 55.4 Å². The molecule has 0 spiro atoms. The summed E-state index contributed by atoms with van der Waals surface area (Å²) in [6.07, 6.45) is 10.2. The molecular weight excluding hydrogens is 457 g/mol. The summed E-state index contributed by atoms with van der Waals surface area (Å²) in [4.78, 5) is 23.6. The summed E-state index contributed by atoms with van der Waals surface area (Å²) >= 11 is 0. The van der Waals surface area contributed by atoms with E-state index in [-0.39, 0.29) is 18.9 Å². The fraction of sp³-hybridized carbons (Fsp3) is 0.920. The van der Waals surface area contributed by atoms with Gasteiger partial charge in [0.05, 0.1) is 6.61 Å². The Bertz CT molecular complexity index is 553. The molecule has 9 heteroatoms. The van der Waals surface area contributed by atoms with Gasteiger partial charge in [-0.15, -0.1) is 0 Å². The number of hydrogen-bond donors (Lipinski definition) is 1. The van der Waals surface area contributed by atoms with E-state index in [2.05, 4.69) is 6.92 Å². The third-order valence-electron chi connectivity index (χ3n) is 5.68. The highest BCUT2D eigenvalue weighted by atomic mass is 19.4. The minimum absolute atomic E-state index is 0.0387. The minimum Gasteiger partial charge on any atom is -0.464 e. The summed E-state index contributed by atoms with van der Waals surface area (Å²) in [7, 11) is 0. The standard InChI is InChI=1S/C25H44F5NO3/c1-4-5-6-7-8-9-10-11-12-13-14-15-16-17-18-34-22(32)21(19-20(2)3)31-23(33)24(26,27)25(28,29)30/h20-21H,4-19H2,1-3H3,(H,31,33). The SMILES string of the molecule is CCCCCCCCCCCCCCCCOC(=O)C(CC(C)C)NC(=O)C(F)(F)C(F)(F)F. The third-order valence-corrected chi connectivity index (χ3v) is 5.68. The van der Waals surface area contributed by atoms with E-state index in [0.717, 1.165) is 25.7 Å². The van der Waals surface area contributed by atoms with Gasteiger partial charge < -0.3 is 10.1 Å². The predicted octanol–water partition coefficient (Wildman–Crippen LogP) is 7.74. The van der Waals surface area contributed by atoms with E-state index in [1.807, 2.05) is 0 Å². The van der Waals surface area contributed by atoms with Crippen LogP contribution in [0.4, 0.5) is 22.0 Å². The summed E-state index contributed by atoms with van der Waals surface area (Å²) < 4.78 is 68.5. The number of rotatable bonds is 20. The first-order valence-corrected chi connectivity index (χ1v) is 12.9. The van der Waals surface area contributed by atoms with Crippen molar-refractivity contribution >= 4 is 11.9 Å². The fourth-order valence-electron chi connectivity index (χ4n) is 3.63. The first-order valence-electron chi connectivity index (χ1n) is 12.9. The molecule has 1 atom stereocenters. The van der Waals surface area contributed by atoms with Gasteiger partial charge in [0.1, 0.15) is 6.04 Å². The molecule has 0 aromatic heterocycles. The van der Waals surface area contributed by atoms with E-state index in [9.17, 15) is 31.5 Å². The maximum absolute atomic E-state index is 13.2. The van der Waals surface area contributed by atoms with Gasteiger partial charge >= 0.3 is 24.0 Å². The van der Waals surface area contributed by atoms with E-state index in [4.69, 9.17) is 4.74 Å². The number of alkyl halides is 5. The molecule has 1 N–H and O–H groups in total. The minimum atomic E-state index is -6.03. The van der Waals surface area contributed by atoms with E-state index >= 15 is 0 Å². The zero-order valence-corrected chi connectivity index (χ0v) is 21.1. The van der Waals surface area contributed by atoms with Crippen molar-refractivity contribution in [2.75, 3.05) is 6.61 Å². The molecule has 34 heavy (non-hydrogen) atoms. The second-order valence-electron chi connectivity index (χ2n) is 9.49. The number of halogens is 5. The average molecular weight is 502 g/mol. The molecule has 0 aromatic rings. The highest BCUT2D eigenvalue weighted by Gasteiger charge is 2.63. The van der Waals surface area contributed by atoms with E-state index in [0.29, 0.717) is 6.42 Å². The molecule has 0 rings (SSSR count). The van der Waals surface area contributed by atoms with Crippen molar-refractivity contribution < 1.29 is 36.3 Å². The quantitative estimate of drug-likeness (QED) is 0.105. The smallest absolute Gasteiger partial charge is 0.463 e. The Morgan fingerprint density at radius 2 is 1.15 bits per heavy atom. The van der Waals surface area contributed by atoms with Crippen molar-refractivity contribution in [1.29, 1.82) is 0 Å². The predicted molar refractivity (Wildman–Crippen MR) is 124 cm³/mol. The van der Waals surface area contributed by atoms with E-state index < -0.39 is 30.0 Å². The average Bonchev–Trinajstić information content (AvgIpc) is 2.74. The number of ether oxygens (including phenoxy) is 1. The molecule has 202 valence electrons. The highest BCUT2D eigenvalue weighted by molar-refractivity contribution is 5.89. The molecule has 0 aliphatic heterocycles. The summed E-state index contributed by atoms with van der Waals surface area (Å²) in [5.41, 5.74) is 0. The van der Waals surface area contributed by atoms with Crippen LogP contribution in [-0.2, 0) is 14.3 Å². The number of esters is 1. The molecular formula is C25H44F5NO3. The van der Waals surface area contributed by atoms with E-state index in [1.165, 1.54) is 63.1 Å². The van der Waals surface area contributed by atoms with Gasteiger partial charge in [-0.2, -0.15) is 22.0 Å².